The summed E-state index contributed by atoms with van der Waals surface area (Å²) in [5, 5.41) is 15.9. The summed E-state index contributed by atoms with van der Waals surface area (Å²) in [6.07, 6.45) is 4.71. The van der Waals surface area contributed by atoms with Crippen LogP contribution in [0.3, 0.4) is 0 Å². The number of aromatic nitrogens is 1. The molecule has 1 aromatic rings. The van der Waals surface area contributed by atoms with Crippen LogP contribution in [-0.2, 0) is 6.42 Å². The zero-order chi connectivity index (χ0) is 9.10. The van der Waals surface area contributed by atoms with Crippen molar-refractivity contribution in [2.75, 3.05) is 6.54 Å². The lowest BCUT2D eigenvalue weighted by Crippen LogP contribution is -2.29. The Morgan fingerprint density at radius 1 is 1.69 bits per heavy atom. The highest BCUT2D eigenvalue weighted by molar-refractivity contribution is 7.09. The molecule has 1 unspecified atom stereocenters. The molecule has 1 fully saturated rings. The lowest BCUT2D eigenvalue weighted by Gasteiger charge is -2.08. The van der Waals surface area contributed by atoms with Gasteiger partial charge in [-0.15, -0.1) is 11.3 Å². The van der Waals surface area contributed by atoms with Gasteiger partial charge in [-0.3, -0.25) is 0 Å². The molecular formula is C9H14N2OS. The van der Waals surface area contributed by atoms with Gasteiger partial charge in [0.05, 0.1) is 11.1 Å². The fraction of sp³-hybridized carbons (Fsp3) is 0.667. The third-order valence-corrected chi connectivity index (χ3v) is 2.92. The van der Waals surface area contributed by atoms with Gasteiger partial charge in [0.15, 0.2) is 0 Å². The van der Waals surface area contributed by atoms with Crippen LogP contribution in [-0.4, -0.2) is 28.8 Å². The second kappa shape index (κ2) is 4.17. The first-order chi connectivity index (χ1) is 6.34. The molecule has 72 valence electrons. The number of nitrogens with one attached hydrogen (secondary N) is 1. The van der Waals surface area contributed by atoms with E-state index in [2.05, 4.69) is 10.3 Å². The van der Waals surface area contributed by atoms with Crippen molar-refractivity contribution in [1.82, 2.24) is 10.3 Å². The van der Waals surface area contributed by atoms with Crippen molar-refractivity contribution in [3.8, 4) is 0 Å². The monoisotopic (exact) mass is 198 g/mol. The minimum Gasteiger partial charge on any atom is -0.391 e. The van der Waals surface area contributed by atoms with Gasteiger partial charge in [0.1, 0.15) is 0 Å². The van der Waals surface area contributed by atoms with Crippen LogP contribution in [0.1, 0.15) is 17.8 Å². The number of rotatable bonds is 5. The van der Waals surface area contributed by atoms with E-state index in [1.807, 2.05) is 5.38 Å². The van der Waals surface area contributed by atoms with E-state index in [4.69, 9.17) is 0 Å². The van der Waals surface area contributed by atoms with Gasteiger partial charge >= 0.3 is 0 Å². The van der Waals surface area contributed by atoms with Crippen LogP contribution in [0.25, 0.3) is 0 Å². The molecule has 1 heterocycles. The largest absolute Gasteiger partial charge is 0.391 e. The number of nitrogens with zero attached hydrogens (tertiary/aromatic N) is 1. The van der Waals surface area contributed by atoms with Gasteiger partial charge in [0, 0.05) is 30.6 Å². The van der Waals surface area contributed by atoms with Crippen molar-refractivity contribution >= 4 is 11.3 Å². The molecule has 1 atom stereocenters. The molecular weight excluding hydrogens is 184 g/mol. The molecule has 0 spiro atoms. The Morgan fingerprint density at radius 3 is 3.15 bits per heavy atom. The average molecular weight is 198 g/mol. The highest BCUT2D eigenvalue weighted by atomic mass is 32.1. The maximum atomic E-state index is 9.60. The molecule has 0 aliphatic heterocycles. The normalized spacial score (nSPS) is 18.8. The molecule has 0 saturated heterocycles. The van der Waals surface area contributed by atoms with E-state index >= 15 is 0 Å². The summed E-state index contributed by atoms with van der Waals surface area (Å²) in [4.78, 5) is 4.13. The van der Waals surface area contributed by atoms with E-state index in [0.717, 1.165) is 5.01 Å². The van der Waals surface area contributed by atoms with Crippen molar-refractivity contribution in [2.45, 2.75) is 31.4 Å². The summed E-state index contributed by atoms with van der Waals surface area (Å²) < 4.78 is 0. The first kappa shape index (κ1) is 9.12. The van der Waals surface area contributed by atoms with E-state index in [-0.39, 0.29) is 6.10 Å². The topological polar surface area (TPSA) is 45.1 Å². The Labute approximate surface area is 81.8 Å². The molecule has 0 bridgehead atoms. The summed E-state index contributed by atoms with van der Waals surface area (Å²) in [5.41, 5.74) is 0. The molecule has 1 aromatic heterocycles. The van der Waals surface area contributed by atoms with E-state index in [9.17, 15) is 5.11 Å². The molecule has 2 rings (SSSR count). The molecule has 0 aromatic carbocycles. The summed E-state index contributed by atoms with van der Waals surface area (Å²) in [7, 11) is 0. The summed E-state index contributed by atoms with van der Waals surface area (Å²) in [6.45, 7) is 0.699. The van der Waals surface area contributed by atoms with Crippen LogP contribution in [0, 0.1) is 0 Å². The fourth-order valence-corrected chi connectivity index (χ4v) is 1.91. The van der Waals surface area contributed by atoms with E-state index < -0.39 is 0 Å². The minimum atomic E-state index is -0.285. The molecule has 0 amide bonds. The maximum Gasteiger partial charge on any atom is 0.0951 e. The highest BCUT2D eigenvalue weighted by Crippen LogP contribution is 2.18. The van der Waals surface area contributed by atoms with Crippen LogP contribution in [0.15, 0.2) is 11.6 Å². The zero-order valence-corrected chi connectivity index (χ0v) is 8.26. The molecule has 4 heteroatoms. The smallest absolute Gasteiger partial charge is 0.0951 e. The highest BCUT2D eigenvalue weighted by Gasteiger charge is 2.21. The Morgan fingerprint density at radius 2 is 2.54 bits per heavy atom. The number of hydrogen-bond donors (Lipinski definition) is 2. The maximum absolute atomic E-state index is 9.60. The van der Waals surface area contributed by atoms with Crippen molar-refractivity contribution in [1.29, 1.82) is 0 Å². The molecule has 0 radical (unpaired) electrons. The SMILES string of the molecule is OC(CNC1CC1)Cc1nccs1. The van der Waals surface area contributed by atoms with Crippen LogP contribution in [0.4, 0.5) is 0 Å². The van der Waals surface area contributed by atoms with E-state index in [1.165, 1.54) is 12.8 Å². The van der Waals surface area contributed by atoms with Crippen LogP contribution < -0.4 is 5.32 Å². The first-order valence-corrected chi connectivity index (χ1v) is 5.52. The second-order valence-corrected chi connectivity index (χ2v) is 4.45. The van der Waals surface area contributed by atoms with Crippen molar-refractivity contribution in [3.63, 3.8) is 0 Å². The van der Waals surface area contributed by atoms with E-state index in [1.54, 1.807) is 17.5 Å². The van der Waals surface area contributed by atoms with Crippen LogP contribution in [0.5, 0.6) is 0 Å². The zero-order valence-electron chi connectivity index (χ0n) is 7.44. The van der Waals surface area contributed by atoms with Crippen molar-refractivity contribution in [2.24, 2.45) is 0 Å². The van der Waals surface area contributed by atoms with Gasteiger partial charge in [-0.25, -0.2) is 4.98 Å². The lowest BCUT2D eigenvalue weighted by atomic mass is 10.2. The molecule has 3 nitrogen and oxygen atoms in total. The standard InChI is InChI=1S/C9H14N2OS/c12-8(6-11-7-1-2-7)5-9-10-3-4-13-9/h3-4,7-8,11-12H,1-2,5-6H2. The van der Waals surface area contributed by atoms with Gasteiger partial charge in [-0.05, 0) is 12.8 Å². The lowest BCUT2D eigenvalue weighted by molar-refractivity contribution is 0.171. The van der Waals surface area contributed by atoms with Crippen LogP contribution >= 0.6 is 11.3 Å². The Bertz CT molecular complexity index is 246. The summed E-state index contributed by atoms with van der Waals surface area (Å²) >= 11 is 1.60. The summed E-state index contributed by atoms with van der Waals surface area (Å²) in [5.74, 6) is 0. The number of thiazole rings is 1. The van der Waals surface area contributed by atoms with Crippen LogP contribution in [0.2, 0.25) is 0 Å². The first-order valence-electron chi connectivity index (χ1n) is 4.64. The molecule has 2 N–H and O–H groups in total. The average Bonchev–Trinajstić information content (AvgIpc) is 2.82. The fourth-order valence-electron chi connectivity index (χ4n) is 1.22. The Kier molecular flexibility index (Phi) is 2.93. The molecule has 1 aliphatic rings. The predicted octanol–water partition coefficient (Wildman–Crippen LogP) is 0.798. The number of hydrogen-bond acceptors (Lipinski definition) is 4. The van der Waals surface area contributed by atoms with Gasteiger partial charge in [0.25, 0.3) is 0 Å². The van der Waals surface area contributed by atoms with Gasteiger partial charge < -0.3 is 10.4 Å². The van der Waals surface area contributed by atoms with Gasteiger partial charge in [-0.2, -0.15) is 0 Å². The molecule has 13 heavy (non-hydrogen) atoms. The third-order valence-electron chi connectivity index (χ3n) is 2.11. The summed E-state index contributed by atoms with van der Waals surface area (Å²) in [6, 6.07) is 0.672. The third kappa shape index (κ3) is 3.06. The molecule has 1 saturated carbocycles. The second-order valence-electron chi connectivity index (χ2n) is 3.47. The molecule has 1 aliphatic carbocycles. The van der Waals surface area contributed by atoms with E-state index in [0.29, 0.717) is 19.0 Å². The quantitative estimate of drug-likeness (QED) is 0.735. The Balaban J connectivity index is 1.68. The van der Waals surface area contributed by atoms with Crippen molar-refractivity contribution < 1.29 is 5.11 Å². The van der Waals surface area contributed by atoms with Gasteiger partial charge in [0.2, 0.25) is 0 Å². The Hall–Kier alpha value is -0.450. The number of aliphatic hydroxyl groups is 1. The van der Waals surface area contributed by atoms with Gasteiger partial charge in [-0.1, -0.05) is 0 Å². The van der Waals surface area contributed by atoms with Crippen molar-refractivity contribution in [3.05, 3.63) is 16.6 Å². The predicted molar refractivity (Wildman–Crippen MR) is 52.8 cm³/mol. The number of aliphatic hydroxyl groups excluding tert-OH is 1. The minimum absolute atomic E-state index is 0.285.